The normalized spacial score (nSPS) is 17.4. The Morgan fingerprint density at radius 3 is 1.86 bits per heavy atom. The highest BCUT2D eigenvalue weighted by Crippen LogP contribution is 2.39. The lowest BCUT2D eigenvalue weighted by Crippen LogP contribution is -2.43. The van der Waals surface area contributed by atoms with Gasteiger partial charge in [-0.3, -0.25) is 0 Å². The van der Waals surface area contributed by atoms with E-state index in [9.17, 15) is 4.39 Å². The maximum Gasteiger partial charge on any atom is 0.232 e. The maximum absolute atomic E-state index is 13.7. The Morgan fingerprint density at radius 1 is 0.750 bits per heavy atom. The molecule has 0 unspecified atom stereocenters. The molecular weight excluding hydrogens is 568 g/mol. The zero-order valence-corrected chi connectivity index (χ0v) is 25.9. The van der Waals surface area contributed by atoms with E-state index in [1.54, 1.807) is 12.1 Å². The zero-order valence-electron chi connectivity index (χ0n) is 25.1. The van der Waals surface area contributed by atoms with Crippen LogP contribution in [0.4, 0.5) is 22.0 Å². The summed E-state index contributed by atoms with van der Waals surface area (Å²) in [6.45, 7) is 4.12. The minimum atomic E-state index is -0.202. The number of aromatic nitrogens is 2. The van der Waals surface area contributed by atoms with Crippen LogP contribution < -0.4 is 20.4 Å². The van der Waals surface area contributed by atoms with Crippen molar-refractivity contribution in [2.75, 3.05) is 34.8 Å². The Labute approximate surface area is 264 Å². The molecule has 226 valence electrons. The molecule has 3 aliphatic rings. The predicted octanol–water partition coefficient (Wildman–Crippen LogP) is 6.93. The Kier molecular flexibility index (Phi) is 8.17. The van der Waals surface area contributed by atoms with Crippen molar-refractivity contribution in [2.24, 2.45) is 0 Å². The second kappa shape index (κ2) is 12.5. The van der Waals surface area contributed by atoms with E-state index < -0.39 is 0 Å². The average molecular weight is 607 g/mol. The first-order valence-electron chi connectivity index (χ1n) is 15.9. The van der Waals surface area contributed by atoms with Crippen LogP contribution in [0.15, 0.2) is 78.9 Å². The molecule has 0 saturated heterocycles. The molecule has 1 fully saturated rings. The van der Waals surface area contributed by atoms with Gasteiger partial charge in [-0.2, -0.15) is 9.97 Å². The van der Waals surface area contributed by atoms with E-state index in [1.165, 1.54) is 34.2 Å². The van der Waals surface area contributed by atoms with Crippen LogP contribution in [0.5, 0.6) is 0 Å². The molecule has 0 radical (unpaired) electrons. The van der Waals surface area contributed by atoms with Gasteiger partial charge in [-0.05, 0) is 77.9 Å². The second-order valence-corrected chi connectivity index (χ2v) is 12.9. The van der Waals surface area contributed by atoms with Crippen molar-refractivity contribution in [1.82, 2.24) is 15.3 Å². The molecule has 0 bridgehead atoms. The lowest BCUT2D eigenvalue weighted by molar-refractivity contribution is 0.292. The molecule has 1 aromatic heterocycles. The van der Waals surface area contributed by atoms with Crippen molar-refractivity contribution in [3.63, 3.8) is 0 Å². The van der Waals surface area contributed by atoms with Crippen LogP contribution in [0, 0.1) is 5.82 Å². The molecule has 0 amide bonds. The molecule has 2 aliphatic heterocycles. The Balaban J connectivity index is 1.13. The van der Waals surface area contributed by atoms with E-state index in [0.717, 1.165) is 76.3 Å². The van der Waals surface area contributed by atoms with Gasteiger partial charge < -0.3 is 20.4 Å². The van der Waals surface area contributed by atoms with Gasteiger partial charge in [0.1, 0.15) is 17.5 Å². The molecule has 1 aliphatic carbocycles. The van der Waals surface area contributed by atoms with Crippen LogP contribution in [-0.4, -0.2) is 34.7 Å². The summed E-state index contributed by atoms with van der Waals surface area (Å²) in [7, 11) is 0. The third-order valence-electron chi connectivity index (χ3n) is 9.69. The lowest BCUT2D eigenvalue weighted by atomic mass is 9.69. The van der Waals surface area contributed by atoms with Crippen molar-refractivity contribution >= 4 is 34.9 Å². The summed E-state index contributed by atoms with van der Waals surface area (Å²) in [5, 5.41) is 7.35. The molecule has 3 heterocycles. The Morgan fingerprint density at radius 2 is 1.30 bits per heavy atom. The standard InChI is InChI=1S/C36H39FN6S/c37-31-14-12-30(13-15-31)36(18-6-1-7-19-36)25-38-35(44)41-34-39-32(42-20-16-26-8-2-4-10-28(26)23-42)22-33(40-34)43-21-17-27-9-3-5-11-29(27)24-43/h2-5,8-15,22H,1,6-7,16-21,23-25H2,(H2,38,39,40,41,44). The van der Waals surface area contributed by atoms with E-state index in [0.29, 0.717) is 17.6 Å². The average Bonchev–Trinajstić information content (AvgIpc) is 3.07. The molecule has 0 atom stereocenters. The summed E-state index contributed by atoms with van der Waals surface area (Å²) in [5.41, 5.74) is 6.60. The number of benzene rings is 3. The van der Waals surface area contributed by atoms with Crippen molar-refractivity contribution in [3.8, 4) is 0 Å². The summed E-state index contributed by atoms with van der Waals surface area (Å²) in [5.74, 6) is 2.12. The van der Waals surface area contributed by atoms with Crippen LogP contribution in [-0.2, 0) is 31.3 Å². The molecule has 44 heavy (non-hydrogen) atoms. The first-order chi connectivity index (χ1) is 21.5. The number of fused-ring (bicyclic) bond motifs is 2. The van der Waals surface area contributed by atoms with E-state index in [4.69, 9.17) is 22.2 Å². The summed E-state index contributed by atoms with van der Waals surface area (Å²) in [6, 6.07) is 26.5. The molecule has 6 nitrogen and oxygen atoms in total. The highest BCUT2D eigenvalue weighted by atomic mass is 32.1. The van der Waals surface area contributed by atoms with Gasteiger partial charge in [0, 0.05) is 44.2 Å². The van der Waals surface area contributed by atoms with Crippen molar-refractivity contribution < 1.29 is 4.39 Å². The van der Waals surface area contributed by atoms with E-state index in [2.05, 4.69) is 75.0 Å². The highest BCUT2D eigenvalue weighted by Gasteiger charge is 2.34. The van der Waals surface area contributed by atoms with E-state index in [-0.39, 0.29) is 11.2 Å². The molecule has 2 N–H and O–H groups in total. The SMILES string of the molecule is Fc1ccc(C2(CNC(=S)Nc3nc(N4CCc5ccccc5C4)cc(N4CCc5ccccc5C4)n3)CCCCC2)cc1. The largest absolute Gasteiger partial charge is 0.361 e. The number of anilines is 3. The van der Waals surface area contributed by atoms with Gasteiger partial charge in [0.15, 0.2) is 5.11 Å². The number of hydrogen-bond donors (Lipinski definition) is 2. The smallest absolute Gasteiger partial charge is 0.232 e. The van der Waals surface area contributed by atoms with Crippen molar-refractivity contribution in [2.45, 2.75) is 63.5 Å². The fraction of sp³-hybridized carbons (Fsp3) is 0.361. The number of thiocarbonyl (C=S) groups is 1. The van der Waals surface area contributed by atoms with Gasteiger partial charge >= 0.3 is 0 Å². The zero-order chi connectivity index (χ0) is 29.9. The Bertz CT molecular complexity index is 1560. The van der Waals surface area contributed by atoms with Crippen molar-refractivity contribution in [1.29, 1.82) is 0 Å². The monoisotopic (exact) mass is 606 g/mol. The van der Waals surface area contributed by atoms with Gasteiger partial charge in [0.25, 0.3) is 0 Å². The molecule has 1 saturated carbocycles. The predicted molar refractivity (Wildman–Crippen MR) is 180 cm³/mol. The van der Waals surface area contributed by atoms with Crippen LogP contribution in [0.25, 0.3) is 0 Å². The number of rotatable bonds is 6. The lowest BCUT2D eigenvalue weighted by Gasteiger charge is -2.38. The number of nitrogens with one attached hydrogen (secondary N) is 2. The molecule has 0 spiro atoms. The fourth-order valence-electron chi connectivity index (χ4n) is 7.18. The summed E-state index contributed by atoms with van der Waals surface area (Å²) < 4.78 is 13.7. The number of nitrogens with zero attached hydrogens (tertiary/aromatic N) is 4. The third kappa shape index (κ3) is 6.13. The van der Waals surface area contributed by atoms with Crippen LogP contribution in [0.2, 0.25) is 0 Å². The van der Waals surface area contributed by atoms with E-state index >= 15 is 0 Å². The number of hydrogen-bond acceptors (Lipinski definition) is 5. The molecule has 3 aromatic carbocycles. The van der Waals surface area contributed by atoms with Gasteiger partial charge in [-0.25, -0.2) is 4.39 Å². The fourth-order valence-corrected chi connectivity index (χ4v) is 7.34. The summed E-state index contributed by atoms with van der Waals surface area (Å²) in [6.07, 6.45) is 7.63. The molecular formula is C36H39FN6S. The maximum atomic E-state index is 13.7. The minimum absolute atomic E-state index is 0.0755. The van der Waals surface area contributed by atoms with Crippen LogP contribution in [0.1, 0.15) is 59.9 Å². The quantitative estimate of drug-likeness (QED) is 0.231. The summed E-state index contributed by atoms with van der Waals surface area (Å²) >= 11 is 5.84. The van der Waals surface area contributed by atoms with Crippen LogP contribution in [0.3, 0.4) is 0 Å². The molecule has 8 heteroatoms. The Hall–Kier alpha value is -4.04. The van der Waals surface area contributed by atoms with Gasteiger partial charge in [-0.15, -0.1) is 0 Å². The second-order valence-electron chi connectivity index (χ2n) is 12.4. The van der Waals surface area contributed by atoms with Crippen molar-refractivity contribution in [3.05, 3.63) is 112 Å². The first-order valence-corrected chi connectivity index (χ1v) is 16.3. The molecule has 7 rings (SSSR count). The van der Waals surface area contributed by atoms with Gasteiger partial charge in [-0.1, -0.05) is 79.9 Å². The van der Waals surface area contributed by atoms with Gasteiger partial charge in [0.2, 0.25) is 5.95 Å². The minimum Gasteiger partial charge on any atom is -0.361 e. The summed E-state index contributed by atoms with van der Waals surface area (Å²) in [4.78, 5) is 14.7. The first kappa shape index (κ1) is 28.7. The highest BCUT2D eigenvalue weighted by molar-refractivity contribution is 7.80. The third-order valence-corrected chi connectivity index (χ3v) is 9.93. The van der Waals surface area contributed by atoms with E-state index in [1.807, 2.05) is 12.1 Å². The van der Waals surface area contributed by atoms with Gasteiger partial charge in [0.05, 0.1) is 0 Å². The number of halogens is 1. The molecule has 4 aromatic rings. The topological polar surface area (TPSA) is 56.3 Å². The van der Waals surface area contributed by atoms with Crippen LogP contribution >= 0.6 is 12.2 Å².